The van der Waals surface area contributed by atoms with E-state index in [1.807, 2.05) is 0 Å². The number of hydrogen-bond acceptors (Lipinski definition) is 2. The van der Waals surface area contributed by atoms with Gasteiger partial charge < -0.3 is 15.1 Å². The minimum Gasteiger partial charge on any atom is -0.357 e. The summed E-state index contributed by atoms with van der Waals surface area (Å²) in [6, 6.07) is 0. The van der Waals surface area contributed by atoms with Gasteiger partial charge in [-0.3, -0.25) is 4.99 Å². The van der Waals surface area contributed by atoms with E-state index in [1.165, 1.54) is 64.7 Å². The SMILES string of the molecule is CCNC(=NCCN1CCC(C)CC1)N1CCC2(CCC2)C1.I. The van der Waals surface area contributed by atoms with Crippen LogP contribution in [0.1, 0.15) is 52.4 Å². The summed E-state index contributed by atoms with van der Waals surface area (Å²) >= 11 is 0. The molecule has 3 rings (SSSR count). The van der Waals surface area contributed by atoms with Gasteiger partial charge in [0.25, 0.3) is 0 Å². The molecule has 2 heterocycles. The first-order valence-corrected chi connectivity index (χ1v) is 9.46. The largest absolute Gasteiger partial charge is 0.357 e. The van der Waals surface area contributed by atoms with Gasteiger partial charge in [0.15, 0.2) is 5.96 Å². The molecule has 0 atom stereocenters. The van der Waals surface area contributed by atoms with Crippen molar-refractivity contribution >= 4 is 29.9 Å². The summed E-state index contributed by atoms with van der Waals surface area (Å²) in [5.41, 5.74) is 0.652. The van der Waals surface area contributed by atoms with Crippen molar-refractivity contribution in [3.05, 3.63) is 0 Å². The van der Waals surface area contributed by atoms with Crippen molar-refractivity contribution in [2.24, 2.45) is 16.3 Å². The lowest BCUT2D eigenvalue weighted by molar-refractivity contribution is 0.151. The molecule has 5 heteroatoms. The van der Waals surface area contributed by atoms with Crippen molar-refractivity contribution in [1.82, 2.24) is 15.1 Å². The lowest BCUT2D eigenvalue weighted by atomic mass is 9.68. The topological polar surface area (TPSA) is 30.9 Å². The van der Waals surface area contributed by atoms with Crippen LogP contribution in [0, 0.1) is 11.3 Å². The van der Waals surface area contributed by atoms with Crippen LogP contribution in [0.25, 0.3) is 0 Å². The summed E-state index contributed by atoms with van der Waals surface area (Å²) in [7, 11) is 0. The van der Waals surface area contributed by atoms with E-state index in [0.29, 0.717) is 5.41 Å². The monoisotopic (exact) mass is 434 g/mol. The van der Waals surface area contributed by atoms with E-state index >= 15 is 0 Å². The maximum absolute atomic E-state index is 4.92. The maximum Gasteiger partial charge on any atom is 0.193 e. The van der Waals surface area contributed by atoms with Crippen molar-refractivity contribution in [2.75, 3.05) is 45.8 Å². The van der Waals surface area contributed by atoms with Crippen LogP contribution in [0.15, 0.2) is 4.99 Å². The van der Waals surface area contributed by atoms with Gasteiger partial charge in [0.05, 0.1) is 6.54 Å². The molecule has 4 nitrogen and oxygen atoms in total. The van der Waals surface area contributed by atoms with Crippen molar-refractivity contribution in [3.8, 4) is 0 Å². The van der Waals surface area contributed by atoms with Crippen molar-refractivity contribution in [2.45, 2.75) is 52.4 Å². The molecule has 0 aromatic heterocycles. The molecule has 0 amide bonds. The van der Waals surface area contributed by atoms with Crippen LogP contribution in [0.5, 0.6) is 0 Å². The molecule has 0 aromatic carbocycles. The molecule has 0 bridgehead atoms. The van der Waals surface area contributed by atoms with Crippen LogP contribution >= 0.6 is 24.0 Å². The highest BCUT2D eigenvalue weighted by molar-refractivity contribution is 14.0. The van der Waals surface area contributed by atoms with Crippen molar-refractivity contribution < 1.29 is 0 Å². The molecule has 1 N–H and O–H groups in total. The van der Waals surface area contributed by atoms with Crippen LogP contribution in [0.4, 0.5) is 0 Å². The quantitative estimate of drug-likeness (QED) is 0.419. The Balaban J connectivity index is 0.00000192. The molecule has 3 fully saturated rings. The molecule has 2 aliphatic heterocycles. The van der Waals surface area contributed by atoms with Gasteiger partial charge in [-0.2, -0.15) is 0 Å². The van der Waals surface area contributed by atoms with E-state index in [1.54, 1.807) is 0 Å². The predicted octanol–water partition coefficient (Wildman–Crippen LogP) is 3.18. The average molecular weight is 434 g/mol. The highest BCUT2D eigenvalue weighted by Crippen LogP contribution is 2.47. The van der Waals surface area contributed by atoms with E-state index in [-0.39, 0.29) is 24.0 Å². The first kappa shape index (κ1) is 19.3. The minimum atomic E-state index is 0. The zero-order valence-electron chi connectivity index (χ0n) is 15.0. The van der Waals surface area contributed by atoms with Gasteiger partial charge in [-0.25, -0.2) is 0 Å². The Morgan fingerprint density at radius 1 is 1.17 bits per heavy atom. The summed E-state index contributed by atoms with van der Waals surface area (Å²) < 4.78 is 0. The van der Waals surface area contributed by atoms with Gasteiger partial charge in [0.2, 0.25) is 0 Å². The number of nitrogens with one attached hydrogen (secondary N) is 1. The van der Waals surface area contributed by atoms with E-state index in [2.05, 4.69) is 29.0 Å². The Hall–Kier alpha value is -0.0400. The molecule has 3 aliphatic rings. The van der Waals surface area contributed by atoms with Crippen LogP contribution in [-0.2, 0) is 0 Å². The van der Waals surface area contributed by atoms with Gasteiger partial charge in [0.1, 0.15) is 0 Å². The van der Waals surface area contributed by atoms with Crippen LogP contribution in [-0.4, -0.2) is 61.6 Å². The Labute approximate surface area is 159 Å². The highest BCUT2D eigenvalue weighted by atomic mass is 127. The Kier molecular flexibility index (Phi) is 7.45. The minimum absolute atomic E-state index is 0. The van der Waals surface area contributed by atoms with Gasteiger partial charge in [0, 0.05) is 26.2 Å². The number of nitrogens with zero attached hydrogens (tertiary/aromatic N) is 3. The third kappa shape index (κ3) is 4.97. The van der Waals surface area contributed by atoms with E-state index in [0.717, 1.165) is 31.5 Å². The fourth-order valence-electron chi connectivity index (χ4n) is 4.21. The Bertz CT molecular complexity index is 386. The number of hydrogen-bond donors (Lipinski definition) is 1. The first-order chi connectivity index (χ1) is 10.7. The third-order valence-electron chi connectivity index (χ3n) is 6.04. The molecular formula is C18H35IN4. The smallest absolute Gasteiger partial charge is 0.193 e. The second kappa shape index (κ2) is 8.88. The summed E-state index contributed by atoms with van der Waals surface area (Å²) in [4.78, 5) is 10.0. The molecule has 1 saturated carbocycles. The van der Waals surface area contributed by atoms with E-state index < -0.39 is 0 Å². The van der Waals surface area contributed by atoms with E-state index in [9.17, 15) is 0 Å². The molecule has 0 radical (unpaired) electrons. The number of aliphatic imine (C=N–C) groups is 1. The average Bonchev–Trinajstić information content (AvgIpc) is 2.94. The number of guanidine groups is 1. The molecular weight excluding hydrogens is 399 g/mol. The number of halogens is 1. The van der Waals surface area contributed by atoms with Gasteiger partial charge in [-0.1, -0.05) is 13.3 Å². The lowest BCUT2D eigenvalue weighted by Gasteiger charge is -2.38. The predicted molar refractivity (Wildman–Crippen MR) is 109 cm³/mol. The zero-order chi connectivity index (χ0) is 15.4. The normalized spacial score (nSPS) is 25.3. The first-order valence-electron chi connectivity index (χ1n) is 9.46. The fraction of sp³-hybridized carbons (Fsp3) is 0.944. The summed E-state index contributed by atoms with van der Waals surface area (Å²) in [6.07, 6.45) is 8.41. The Morgan fingerprint density at radius 2 is 1.91 bits per heavy atom. The Morgan fingerprint density at radius 3 is 2.48 bits per heavy atom. The molecule has 2 saturated heterocycles. The second-order valence-corrected chi connectivity index (χ2v) is 7.78. The van der Waals surface area contributed by atoms with Gasteiger partial charge in [-0.05, 0) is 63.5 Å². The number of rotatable bonds is 4. The summed E-state index contributed by atoms with van der Waals surface area (Å²) in [6.45, 7) is 12.6. The maximum atomic E-state index is 4.92. The molecule has 1 spiro atoms. The van der Waals surface area contributed by atoms with Gasteiger partial charge in [-0.15, -0.1) is 24.0 Å². The lowest BCUT2D eigenvalue weighted by Crippen LogP contribution is -2.43. The fourth-order valence-corrected chi connectivity index (χ4v) is 4.21. The summed E-state index contributed by atoms with van der Waals surface area (Å²) in [5.74, 6) is 2.08. The van der Waals surface area contributed by atoms with E-state index in [4.69, 9.17) is 4.99 Å². The molecule has 1 aliphatic carbocycles. The third-order valence-corrected chi connectivity index (χ3v) is 6.04. The highest BCUT2D eigenvalue weighted by Gasteiger charge is 2.43. The van der Waals surface area contributed by atoms with Crippen LogP contribution in [0.3, 0.4) is 0 Å². The molecule has 0 aromatic rings. The van der Waals surface area contributed by atoms with Crippen molar-refractivity contribution in [1.29, 1.82) is 0 Å². The number of likely N-dealkylation sites (tertiary alicyclic amines) is 2. The van der Waals surface area contributed by atoms with Crippen LogP contribution < -0.4 is 5.32 Å². The molecule has 0 unspecified atom stereocenters. The van der Waals surface area contributed by atoms with Gasteiger partial charge >= 0.3 is 0 Å². The molecule has 134 valence electrons. The standard InChI is InChI=1S/C18H34N4.HI/c1-3-19-17(22-13-9-18(15-22)7-4-8-18)20-10-14-21-11-5-16(2)6-12-21;/h16H,3-15H2,1-2H3,(H,19,20);1H. The molecule has 23 heavy (non-hydrogen) atoms. The zero-order valence-corrected chi connectivity index (χ0v) is 17.3. The van der Waals surface area contributed by atoms with Crippen LogP contribution in [0.2, 0.25) is 0 Å². The number of piperidine rings is 1. The van der Waals surface area contributed by atoms with Crippen molar-refractivity contribution in [3.63, 3.8) is 0 Å². The summed E-state index contributed by atoms with van der Waals surface area (Å²) in [5, 5.41) is 3.51. The second-order valence-electron chi connectivity index (χ2n) is 7.78.